The summed E-state index contributed by atoms with van der Waals surface area (Å²) in [6, 6.07) is 0. The van der Waals surface area contributed by atoms with Gasteiger partial charge >= 0.3 is 0 Å². The second-order valence-corrected chi connectivity index (χ2v) is 3.65. The first-order valence-corrected chi connectivity index (χ1v) is 5.97. The van der Waals surface area contributed by atoms with Gasteiger partial charge in [-0.25, -0.2) is 0 Å². The summed E-state index contributed by atoms with van der Waals surface area (Å²) in [6.07, 6.45) is 7.69. The van der Waals surface area contributed by atoms with Crippen LogP contribution in [-0.2, 0) is 9.53 Å². The molecule has 4 heteroatoms. The second kappa shape index (κ2) is 10.5. The molecule has 0 aromatic carbocycles. The third kappa shape index (κ3) is 8.29. The molecule has 0 aliphatic carbocycles. The van der Waals surface area contributed by atoms with Gasteiger partial charge < -0.3 is 15.4 Å². The van der Waals surface area contributed by atoms with Gasteiger partial charge in [-0.05, 0) is 12.8 Å². The van der Waals surface area contributed by atoms with Crippen molar-refractivity contribution < 1.29 is 9.53 Å². The zero-order valence-corrected chi connectivity index (χ0v) is 10.6. The number of unbranched alkanes of at least 4 members (excludes halogenated alkanes) is 1. The fourth-order valence-electron chi connectivity index (χ4n) is 1.29. The molecule has 0 spiro atoms. The molecule has 1 amide bonds. The first kappa shape index (κ1) is 15.0. The van der Waals surface area contributed by atoms with Gasteiger partial charge in [0.25, 0.3) is 0 Å². The highest BCUT2D eigenvalue weighted by atomic mass is 16.5. The molecule has 2 N–H and O–H groups in total. The lowest BCUT2D eigenvalue weighted by molar-refractivity contribution is -0.118. The van der Waals surface area contributed by atoms with Crippen LogP contribution in [-0.4, -0.2) is 25.8 Å². The number of rotatable bonds is 9. The third-order valence-electron chi connectivity index (χ3n) is 2.30. The number of carbonyl (C=O) groups excluding carboxylic acids is 1. The molecule has 16 heavy (non-hydrogen) atoms. The summed E-state index contributed by atoms with van der Waals surface area (Å²) in [7, 11) is 1.75. The first-order valence-electron chi connectivity index (χ1n) is 5.97. The first-order chi connectivity index (χ1) is 7.74. The van der Waals surface area contributed by atoms with E-state index in [1.165, 1.54) is 18.9 Å². The Bertz CT molecular complexity index is 205. The van der Waals surface area contributed by atoms with E-state index in [0.29, 0.717) is 0 Å². The monoisotopic (exact) mass is 228 g/mol. The van der Waals surface area contributed by atoms with Crippen molar-refractivity contribution >= 4 is 5.91 Å². The number of hydrogen-bond donors (Lipinski definition) is 2. The molecule has 0 aliphatic heterocycles. The SMILES string of the molecule is CCCCC(CC)OCNC(=O)/C=C\NC. The quantitative estimate of drug-likeness (QED) is 0.467. The van der Waals surface area contributed by atoms with Gasteiger partial charge in [0.05, 0.1) is 6.10 Å². The van der Waals surface area contributed by atoms with Crippen LogP contribution >= 0.6 is 0 Å². The molecule has 0 rings (SSSR count). The highest BCUT2D eigenvalue weighted by molar-refractivity contribution is 5.87. The van der Waals surface area contributed by atoms with E-state index in [2.05, 4.69) is 24.5 Å². The highest BCUT2D eigenvalue weighted by Gasteiger charge is 2.05. The molecular formula is C12H24N2O2. The van der Waals surface area contributed by atoms with Crippen molar-refractivity contribution in [2.75, 3.05) is 13.8 Å². The number of hydrogen-bond acceptors (Lipinski definition) is 3. The van der Waals surface area contributed by atoms with Crippen molar-refractivity contribution in [2.45, 2.75) is 45.6 Å². The summed E-state index contributed by atoms with van der Waals surface area (Å²) in [5.41, 5.74) is 0. The fraction of sp³-hybridized carbons (Fsp3) is 0.750. The molecule has 0 fully saturated rings. The van der Waals surface area contributed by atoms with Crippen LogP contribution in [0.1, 0.15) is 39.5 Å². The Labute approximate surface area is 98.4 Å². The molecule has 1 atom stereocenters. The summed E-state index contributed by atoms with van der Waals surface area (Å²) in [4.78, 5) is 11.2. The van der Waals surface area contributed by atoms with Gasteiger partial charge in [0.2, 0.25) is 5.91 Å². The Hall–Kier alpha value is -1.03. The third-order valence-corrected chi connectivity index (χ3v) is 2.30. The van der Waals surface area contributed by atoms with E-state index in [4.69, 9.17) is 4.74 Å². The number of ether oxygens (including phenoxy) is 1. The van der Waals surface area contributed by atoms with Crippen molar-refractivity contribution in [3.63, 3.8) is 0 Å². The summed E-state index contributed by atoms with van der Waals surface area (Å²) in [5, 5.41) is 5.43. The summed E-state index contributed by atoms with van der Waals surface area (Å²) >= 11 is 0. The molecule has 0 aromatic rings. The lowest BCUT2D eigenvalue weighted by Gasteiger charge is -2.15. The lowest BCUT2D eigenvalue weighted by Crippen LogP contribution is -2.27. The molecule has 4 nitrogen and oxygen atoms in total. The molecule has 1 unspecified atom stereocenters. The number of carbonyl (C=O) groups is 1. The van der Waals surface area contributed by atoms with Crippen molar-refractivity contribution in [2.24, 2.45) is 0 Å². The fourth-order valence-corrected chi connectivity index (χ4v) is 1.29. The Kier molecular flexibility index (Phi) is 9.81. The average molecular weight is 228 g/mol. The molecule has 0 aromatic heterocycles. The maximum atomic E-state index is 11.2. The van der Waals surface area contributed by atoms with Gasteiger partial charge in [0, 0.05) is 19.3 Å². The van der Waals surface area contributed by atoms with Crippen molar-refractivity contribution in [3.8, 4) is 0 Å². The normalized spacial score (nSPS) is 12.7. The van der Waals surface area contributed by atoms with Crippen LogP contribution in [0.25, 0.3) is 0 Å². The van der Waals surface area contributed by atoms with Gasteiger partial charge in [0.1, 0.15) is 6.73 Å². The number of amides is 1. The molecule has 0 bridgehead atoms. The van der Waals surface area contributed by atoms with Crippen molar-refractivity contribution in [3.05, 3.63) is 12.3 Å². The minimum atomic E-state index is -0.139. The second-order valence-electron chi connectivity index (χ2n) is 3.65. The zero-order valence-electron chi connectivity index (χ0n) is 10.6. The van der Waals surface area contributed by atoms with E-state index in [1.807, 2.05) is 0 Å². The van der Waals surface area contributed by atoms with Crippen molar-refractivity contribution in [1.29, 1.82) is 0 Å². The van der Waals surface area contributed by atoms with Gasteiger partial charge in [0.15, 0.2) is 0 Å². The predicted octanol–water partition coefficient (Wildman–Crippen LogP) is 1.78. The predicted molar refractivity (Wildman–Crippen MR) is 65.9 cm³/mol. The molecule has 94 valence electrons. The Morgan fingerprint density at radius 3 is 2.75 bits per heavy atom. The maximum absolute atomic E-state index is 11.2. The smallest absolute Gasteiger partial charge is 0.247 e. The van der Waals surface area contributed by atoms with Crippen LogP contribution < -0.4 is 10.6 Å². The Morgan fingerprint density at radius 2 is 2.19 bits per heavy atom. The molecule has 0 saturated heterocycles. The summed E-state index contributed by atoms with van der Waals surface area (Å²) in [6.45, 7) is 4.55. The Morgan fingerprint density at radius 1 is 1.44 bits per heavy atom. The zero-order chi connectivity index (χ0) is 12.2. The molecule has 0 heterocycles. The van der Waals surface area contributed by atoms with E-state index in [1.54, 1.807) is 13.2 Å². The van der Waals surface area contributed by atoms with Gasteiger partial charge in [-0.3, -0.25) is 4.79 Å². The summed E-state index contributed by atoms with van der Waals surface area (Å²) < 4.78 is 5.56. The largest absolute Gasteiger partial charge is 0.394 e. The van der Waals surface area contributed by atoms with Crippen LogP contribution in [0.5, 0.6) is 0 Å². The van der Waals surface area contributed by atoms with Crippen LogP contribution in [0.4, 0.5) is 0 Å². The van der Waals surface area contributed by atoms with E-state index >= 15 is 0 Å². The van der Waals surface area contributed by atoms with Gasteiger partial charge in [-0.15, -0.1) is 0 Å². The van der Waals surface area contributed by atoms with Gasteiger partial charge in [-0.2, -0.15) is 0 Å². The standard InChI is InChI=1S/C12H24N2O2/c1-4-6-7-11(5-2)16-10-14-12(15)8-9-13-3/h8-9,11,13H,4-7,10H2,1-3H3,(H,14,15)/b9-8-. The van der Waals surface area contributed by atoms with Crippen LogP contribution in [0.3, 0.4) is 0 Å². The van der Waals surface area contributed by atoms with Gasteiger partial charge in [-0.1, -0.05) is 26.7 Å². The Balaban J connectivity index is 3.61. The molecule has 0 aliphatic rings. The van der Waals surface area contributed by atoms with Crippen LogP contribution in [0.2, 0.25) is 0 Å². The highest BCUT2D eigenvalue weighted by Crippen LogP contribution is 2.07. The lowest BCUT2D eigenvalue weighted by atomic mass is 10.1. The number of nitrogens with one attached hydrogen (secondary N) is 2. The van der Waals surface area contributed by atoms with E-state index in [9.17, 15) is 4.79 Å². The van der Waals surface area contributed by atoms with Crippen LogP contribution in [0.15, 0.2) is 12.3 Å². The molecule has 0 saturated carbocycles. The van der Waals surface area contributed by atoms with E-state index in [0.717, 1.165) is 12.8 Å². The van der Waals surface area contributed by atoms with Crippen molar-refractivity contribution in [1.82, 2.24) is 10.6 Å². The van der Waals surface area contributed by atoms with E-state index in [-0.39, 0.29) is 18.7 Å². The minimum Gasteiger partial charge on any atom is -0.394 e. The average Bonchev–Trinajstić information content (AvgIpc) is 2.30. The molecular weight excluding hydrogens is 204 g/mol. The summed E-state index contributed by atoms with van der Waals surface area (Å²) in [5.74, 6) is -0.139. The minimum absolute atomic E-state index is 0.139. The maximum Gasteiger partial charge on any atom is 0.247 e. The molecule has 0 radical (unpaired) electrons. The van der Waals surface area contributed by atoms with E-state index < -0.39 is 0 Å². The van der Waals surface area contributed by atoms with Crippen LogP contribution in [0, 0.1) is 0 Å². The topological polar surface area (TPSA) is 50.4 Å².